The molecule has 0 fully saturated rings. The fraction of sp³-hybridized carbons (Fsp3) is 0. The van der Waals surface area contributed by atoms with Crippen molar-refractivity contribution in [3.63, 3.8) is 0 Å². The smallest absolute Gasteiger partial charge is 0.138 e. The molecule has 0 saturated heterocycles. The molecule has 0 saturated carbocycles. The Morgan fingerprint density at radius 2 is 0.931 bits per heavy atom. The Labute approximate surface area is 341 Å². The molecule has 8 aromatic carbocycles. The lowest BCUT2D eigenvalue weighted by molar-refractivity contribution is 1.05. The number of hydrogen-bond donors (Lipinski definition) is 0. The van der Waals surface area contributed by atoms with Gasteiger partial charge in [0.05, 0.1) is 22.1 Å². The van der Waals surface area contributed by atoms with Crippen molar-refractivity contribution in [1.29, 1.82) is 0 Å². The molecule has 3 nitrogen and oxygen atoms in total. The zero-order chi connectivity index (χ0) is 38.2. The SMILES string of the molecule is c1ccc(-n2c3ccccc3c3ccc4c5ccccc5n(-c5cc(S(c6ccccc6)(c6ccccc6)c6cccc7c6sc6ccccc67)ccn5)c4c32)cc1. The predicted molar refractivity (Wildman–Crippen MR) is 246 cm³/mol. The second kappa shape index (κ2) is 13.1. The third kappa shape index (κ3) is 4.72. The molecule has 0 aliphatic rings. The lowest BCUT2D eigenvalue weighted by atomic mass is 10.1. The first kappa shape index (κ1) is 33.2. The summed E-state index contributed by atoms with van der Waals surface area (Å²) in [5, 5.41) is 7.46. The quantitative estimate of drug-likeness (QED) is 0.165. The number of thiophene rings is 1. The first-order chi connectivity index (χ1) is 28.8. The first-order valence-corrected chi connectivity index (χ1v) is 22.1. The molecule has 0 aliphatic carbocycles. The highest BCUT2D eigenvalue weighted by Crippen LogP contribution is 2.75. The van der Waals surface area contributed by atoms with Gasteiger partial charge < -0.3 is 4.57 Å². The molecule has 4 aromatic heterocycles. The van der Waals surface area contributed by atoms with E-state index in [9.17, 15) is 0 Å². The van der Waals surface area contributed by atoms with Gasteiger partial charge in [0.2, 0.25) is 0 Å². The van der Waals surface area contributed by atoms with Gasteiger partial charge in [-0.05, 0) is 72.8 Å². The van der Waals surface area contributed by atoms with Crippen LogP contribution in [0.3, 0.4) is 0 Å². The number of rotatable bonds is 6. The average Bonchev–Trinajstić information content (AvgIpc) is 3.96. The van der Waals surface area contributed by atoms with Crippen molar-refractivity contribution in [2.24, 2.45) is 0 Å². The van der Waals surface area contributed by atoms with Gasteiger partial charge in [-0.25, -0.2) is 4.98 Å². The minimum absolute atomic E-state index is 0.897. The summed E-state index contributed by atoms with van der Waals surface area (Å²) in [4.78, 5) is 10.5. The molecule has 0 spiro atoms. The van der Waals surface area contributed by atoms with Crippen LogP contribution in [0, 0.1) is 0 Å². The Kier molecular flexibility index (Phi) is 7.49. The highest BCUT2D eigenvalue weighted by molar-refractivity contribution is 8.34. The Hall–Kier alpha value is -6.92. The van der Waals surface area contributed by atoms with Gasteiger partial charge in [0.25, 0.3) is 0 Å². The van der Waals surface area contributed by atoms with Crippen LogP contribution in [0.2, 0.25) is 0 Å². The highest BCUT2D eigenvalue weighted by Gasteiger charge is 2.36. The van der Waals surface area contributed by atoms with E-state index in [0.717, 1.165) is 22.5 Å². The molecule has 0 amide bonds. The molecule has 4 heterocycles. The van der Waals surface area contributed by atoms with Gasteiger partial charge in [-0.3, -0.25) is 4.57 Å². The molecule has 0 radical (unpaired) electrons. The van der Waals surface area contributed by atoms with Crippen LogP contribution in [0.4, 0.5) is 0 Å². The third-order valence-corrected chi connectivity index (χ3v) is 16.9. The number of fused-ring (bicyclic) bond motifs is 10. The van der Waals surface area contributed by atoms with Crippen LogP contribution in [0.5, 0.6) is 0 Å². The Morgan fingerprint density at radius 1 is 0.397 bits per heavy atom. The van der Waals surface area contributed by atoms with Gasteiger partial charge in [0.1, 0.15) is 5.82 Å². The van der Waals surface area contributed by atoms with Crippen LogP contribution in [0.1, 0.15) is 0 Å². The number of benzene rings is 8. The average molecular weight is 778 g/mol. The summed E-state index contributed by atoms with van der Waals surface area (Å²) >= 11 is 1.90. The first-order valence-electron chi connectivity index (χ1n) is 19.6. The number of nitrogens with zero attached hydrogens (tertiary/aromatic N) is 3. The van der Waals surface area contributed by atoms with Crippen molar-refractivity contribution in [3.8, 4) is 11.5 Å². The summed E-state index contributed by atoms with van der Waals surface area (Å²) in [7, 11) is -2.07. The van der Waals surface area contributed by atoms with Crippen molar-refractivity contribution in [3.05, 3.63) is 212 Å². The number of hydrogen-bond acceptors (Lipinski definition) is 2. The summed E-state index contributed by atoms with van der Waals surface area (Å²) in [6, 6.07) is 75.8. The minimum atomic E-state index is -2.07. The van der Waals surface area contributed by atoms with Gasteiger partial charge in [-0.1, -0.05) is 133 Å². The third-order valence-electron chi connectivity index (χ3n) is 11.7. The fourth-order valence-corrected chi connectivity index (χ4v) is 14.8. The monoisotopic (exact) mass is 777 g/mol. The van der Waals surface area contributed by atoms with E-state index in [2.05, 4.69) is 215 Å². The Morgan fingerprint density at radius 3 is 1.60 bits per heavy atom. The van der Waals surface area contributed by atoms with Crippen LogP contribution >= 0.6 is 21.4 Å². The molecule has 0 atom stereocenters. The zero-order valence-electron chi connectivity index (χ0n) is 31.4. The van der Waals surface area contributed by atoms with Gasteiger partial charge in [-0.15, -0.1) is 21.4 Å². The maximum Gasteiger partial charge on any atom is 0.138 e. The topological polar surface area (TPSA) is 22.8 Å². The van der Waals surface area contributed by atoms with Gasteiger partial charge in [0, 0.05) is 73.2 Å². The molecule has 12 aromatic rings. The van der Waals surface area contributed by atoms with Gasteiger partial charge >= 0.3 is 0 Å². The number of para-hydroxylation sites is 3. The van der Waals surface area contributed by atoms with E-state index in [1.54, 1.807) is 0 Å². The van der Waals surface area contributed by atoms with Gasteiger partial charge in [0.15, 0.2) is 0 Å². The van der Waals surface area contributed by atoms with Crippen molar-refractivity contribution in [2.45, 2.75) is 19.6 Å². The number of aromatic nitrogens is 3. The van der Waals surface area contributed by atoms with Crippen LogP contribution in [0.15, 0.2) is 232 Å². The summed E-state index contributed by atoms with van der Waals surface area (Å²) in [6.45, 7) is 0. The minimum Gasteiger partial charge on any atom is -0.307 e. The van der Waals surface area contributed by atoms with Gasteiger partial charge in [-0.2, -0.15) is 0 Å². The molecule has 0 unspecified atom stereocenters. The number of pyridine rings is 1. The Bertz CT molecular complexity index is 3470. The standard InChI is InChI=1S/C53H35N3S2/c1-4-17-36(18-5-1)55-46-27-13-10-23-40(46)43-31-32-44-41-24-11-14-28-47(41)56(52(44)51(43)55)50-35-39(33-34-54-50)58(37-19-6-2-7-20-37,38-21-8-3-9-22-38)49-30-16-26-45-42-25-12-15-29-48(42)57-53(45)49/h1-35H. The maximum absolute atomic E-state index is 5.31. The molecular weight excluding hydrogens is 743 g/mol. The highest BCUT2D eigenvalue weighted by atomic mass is 32.3. The zero-order valence-corrected chi connectivity index (χ0v) is 33.0. The summed E-state index contributed by atoms with van der Waals surface area (Å²) < 4.78 is 7.50. The van der Waals surface area contributed by atoms with Crippen molar-refractivity contribution in [2.75, 3.05) is 0 Å². The summed E-state index contributed by atoms with van der Waals surface area (Å²) in [5.74, 6) is 0.897. The molecule has 0 N–H and O–H groups in total. The molecule has 0 bridgehead atoms. The lowest BCUT2D eigenvalue weighted by Gasteiger charge is -2.42. The molecule has 274 valence electrons. The molecule has 12 rings (SSSR count). The van der Waals surface area contributed by atoms with Crippen LogP contribution in [0.25, 0.3) is 75.3 Å². The van der Waals surface area contributed by atoms with E-state index >= 15 is 0 Å². The van der Waals surface area contributed by atoms with Crippen LogP contribution in [-0.2, 0) is 0 Å². The van der Waals surface area contributed by atoms with Crippen LogP contribution < -0.4 is 0 Å². The lowest BCUT2D eigenvalue weighted by Crippen LogP contribution is -2.07. The van der Waals surface area contributed by atoms with E-state index in [1.807, 2.05) is 17.5 Å². The predicted octanol–water partition coefficient (Wildman–Crippen LogP) is 15.0. The van der Waals surface area contributed by atoms with E-state index in [-0.39, 0.29) is 0 Å². The van der Waals surface area contributed by atoms with E-state index in [1.165, 1.54) is 72.3 Å². The molecule has 0 aliphatic heterocycles. The largest absolute Gasteiger partial charge is 0.307 e. The Balaban J connectivity index is 1.23. The fourth-order valence-electron chi connectivity index (χ4n) is 9.30. The molecule has 58 heavy (non-hydrogen) atoms. The second-order valence-electron chi connectivity index (χ2n) is 14.7. The summed E-state index contributed by atoms with van der Waals surface area (Å²) in [6.07, 6.45) is 2.04. The van der Waals surface area contributed by atoms with Crippen molar-refractivity contribution < 1.29 is 0 Å². The van der Waals surface area contributed by atoms with E-state index in [4.69, 9.17) is 4.98 Å². The maximum atomic E-state index is 5.31. The second-order valence-corrected chi connectivity index (χ2v) is 18.8. The molecule has 5 heteroatoms. The normalized spacial score (nSPS) is 12.4. The summed E-state index contributed by atoms with van der Waals surface area (Å²) in [5.41, 5.74) is 5.77. The van der Waals surface area contributed by atoms with Crippen molar-refractivity contribution >= 4 is 85.1 Å². The van der Waals surface area contributed by atoms with E-state index < -0.39 is 10.0 Å². The molecular formula is C53H35N3S2. The van der Waals surface area contributed by atoms with E-state index in [0.29, 0.717) is 0 Å². The van der Waals surface area contributed by atoms with Crippen LogP contribution in [-0.4, -0.2) is 14.1 Å². The van der Waals surface area contributed by atoms with Crippen molar-refractivity contribution in [1.82, 2.24) is 14.1 Å².